The van der Waals surface area contributed by atoms with Gasteiger partial charge in [-0.15, -0.1) is 0 Å². The zero-order valence-electron chi connectivity index (χ0n) is 9.71. The van der Waals surface area contributed by atoms with Gasteiger partial charge in [0.25, 0.3) is 5.69 Å². The second-order valence-corrected chi connectivity index (χ2v) is 4.12. The first kappa shape index (κ1) is 11.4. The summed E-state index contributed by atoms with van der Waals surface area (Å²) in [5, 5.41) is 12.4. The minimum Gasteiger partial charge on any atom is -0.491 e. The molecular formula is C13H13NO3. The molecule has 0 unspecified atom stereocenters. The van der Waals surface area contributed by atoms with Gasteiger partial charge in [-0.1, -0.05) is 6.07 Å². The molecule has 0 aromatic heterocycles. The lowest BCUT2D eigenvalue weighted by Gasteiger charge is -2.10. The van der Waals surface area contributed by atoms with Gasteiger partial charge in [0.05, 0.1) is 11.0 Å². The summed E-state index contributed by atoms with van der Waals surface area (Å²) in [6.07, 6.45) is 0.116. The number of nitro benzene ring substituents is 1. The fourth-order valence-corrected chi connectivity index (χ4v) is 1.67. The van der Waals surface area contributed by atoms with E-state index >= 15 is 0 Å². The van der Waals surface area contributed by atoms with Gasteiger partial charge in [0.15, 0.2) is 0 Å². The van der Waals surface area contributed by atoms with E-state index in [0.29, 0.717) is 0 Å². The lowest BCUT2D eigenvalue weighted by atomic mass is 10.1. The number of nitrogens with zero attached hydrogens (tertiary/aromatic N) is 1. The van der Waals surface area contributed by atoms with Crippen molar-refractivity contribution in [3.05, 3.63) is 46.5 Å². The van der Waals surface area contributed by atoms with Gasteiger partial charge in [0, 0.05) is 12.1 Å². The molecule has 0 saturated heterocycles. The number of benzene rings is 2. The van der Waals surface area contributed by atoms with Crippen LogP contribution in [0.15, 0.2) is 36.4 Å². The Labute approximate surface area is 99.0 Å². The quantitative estimate of drug-likeness (QED) is 0.599. The maximum Gasteiger partial charge on any atom is 0.270 e. The van der Waals surface area contributed by atoms with Gasteiger partial charge in [-0.2, -0.15) is 0 Å². The van der Waals surface area contributed by atoms with E-state index in [2.05, 4.69) is 0 Å². The van der Waals surface area contributed by atoms with Crippen molar-refractivity contribution >= 4 is 16.5 Å². The highest BCUT2D eigenvalue weighted by molar-refractivity contribution is 5.85. The molecule has 2 aromatic carbocycles. The summed E-state index contributed by atoms with van der Waals surface area (Å²) in [7, 11) is 0. The van der Waals surface area contributed by atoms with Gasteiger partial charge in [-0.3, -0.25) is 10.1 Å². The second-order valence-electron chi connectivity index (χ2n) is 4.12. The average Bonchev–Trinajstić information content (AvgIpc) is 2.27. The van der Waals surface area contributed by atoms with Crippen LogP contribution in [0.4, 0.5) is 5.69 Å². The molecule has 0 saturated carbocycles. The highest BCUT2D eigenvalue weighted by atomic mass is 16.6. The van der Waals surface area contributed by atoms with Crippen molar-refractivity contribution in [2.24, 2.45) is 0 Å². The number of non-ortho nitro benzene ring substituents is 1. The minimum absolute atomic E-state index is 0.107. The van der Waals surface area contributed by atoms with Crippen molar-refractivity contribution in [1.29, 1.82) is 0 Å². The molecule has 88 valence electrons. The second kappa shape index (κ2) is 4.41. The Morgan fingerprint density at radius 2 is 1.76 bits per heavy atom. The maximum absolute atomic E-state index is 10.6. The molecule has 17 heavy (non-hydrogen) atoms. The number of fused-ring (bicyclic) bond motifs is 1. The number of hydrogen-bond donors (Lipinski definition) is 0. The Balaban J connectivity index is 2.43. The molecule has 4 heteroatoms. The normalized spacial score (nSPS) is 10.8. The summed E-state index contributed by atoms with van der Waals surface area (Å²) in [4.78, 5) is 10.2. The van der Waals surface area contributed by atoms with Gasteiger partial charge < -0.3 is 4.74 Å². The summed E-state index contributed by atoms with van der Waals surface area (Å²) in [6.45, 7) is 3.92. The molecule has 0 aliphatic carbocycles. The number of rotatable bonds is 3. The van der Waals surface area contributed by atoms with Gasteiger partial charge in [-0.25, -0.2) is 0 Å². The van der Waals surface area contributed by atoms with Crippen LogP contribution in [0.25, 0.3) is 10.8 Å². The highest BCUT2D eigenvalue weighted by Gasteiger charge is 2.06. The van der Waals surface area contributed by atoms with Crippen molar-refractivity contribution in [2.75, 3.05) is 0 Å². The summed E-state index contributed by atoms with van der Waals surface area (Å²) in [5.41, 5.74) is 0.107. The van der Waals surface area contributed by atoms with Crippen molar-refractivity contribution in [3.63, 3.8) is 0 Å². The average molecular weight is 231 g/mol. The van der Waals surface area contributed by atoms with E-state index in [-0.39, 0.29) is 11.8 Å². The Bertz CT molecular complexity index is 564. The predicted molar refractivity (Wildman–Crippen MR) is 66.4 cm³/mol. The van der Waals surface area contributed by atoms with Crippen LogP contribution in [0.3, 0.4) is 0 Å². The first-order chi connectivity index (χ1) is 8.06. The molecule has 0 amide bonds. The SMILES string of the molecule is CC(C)Oc1ccc2cc([N+](=O)[O-])ccc2c1. The van der Waals surface area contributed by atoms with Crippen molar-refractivity contribution in [2.45, 2.75) is 20.0 Å². The van der Waals surface area contributed by atoms with Gasteiger partial charge >= 0.3 is 0 Å². The van der Waals surface area contributed by atoms with Crippen LogP contribution < -0.4 is 4.74 Å². The topological polar surface area (TPSA) is 52.4 Å². The third kappa shape index (κ3) is 2.53. The van der Waals surface area contributed by atoms with E-state index in [0.717, 1.165) is 16.5 Å². The first-order valence-corrected chi connectivity index (χ1v) is 5.41. The highest BCUT2D eigenvalue weighted by Crippen LogP contribution is 2.25. The van der Waals surface area contributed by atoms with E-state index in [1.165, 1.54) is 6.07 Å². The van der Waals surface area contributed by atoms with Crippen LogP contribution in [-0.4, -0.2) is 11.0 Å². The van der Waals surface area contributed by atoms with E-state index in [1.807, 2.05) is 32.0 Å². The number of hydrogen-bond acceptors (Lipinski definition) is 3. The first-order valence-electron chi connectivity index (χ1n) is 5.41. The van der Waals surface area contributed by atoms with E-state index in [4.69, 9.17) is 4.74 Å². The van der Waals surface area contributed by atoms with Crippen molar-refractivity contribution in [1.82, 2.24) is 0 Å². The summed E-state index contributed by atoms with van der Waals surface area (Å²) >= 11 is 0. The summed E-state index contributed by atoms with van der Waals surface area (Å²) < 4.78 is 5.57. The molecule has 0 radical (unpaired) electrons. The molecule has 0 N–H and O–H groups in total. The van der Waals surface area contributed by atoms with Crippen LogP contribution in [0.2, 0.25) is 0 Å². The van der Waals surface area contributed by atoms with Crippen LogP contribution in [-0.2, 0) is 0 Å². The maximum atomic E-state index is 10.6. The fraction of sp³-hybridized carbons (Fsp3) is 0.231. The number of ether oxygens (including phenoxy) is 1. The van der Waals surface area contributed by atoms with E-state index < -0.39 is 4.92 Å². The smallest absolute Gasteiger partial charge is 0.270 e. The Morgan fingerprint density at radius 3 is 2.41 bits per heavy atom. The van der Waals surface area contributed by atoms with Gasteiger partial charge in [0.2, 0.25) is 0 Å². The molecule has 0 spiro atoms. The molecular weight excluding hydrogens is 218 g/mol. The molecule has 0 bridgehead atoms. The predicted octanol–water partition coefficient (Wildman–Crippen LogP) is 3.54. The molecule has 0 atom stereocenters. The zero-order chi connectivity index (χ0) is 12.4. The van der Waals surface area contributed by atoms with Crippen molar-refractivity contribution < 1.29 is 9.66 Å². The lowest BCUT2D eigenvalue weighted by Crippen LogP contribution is -2.05. The standard InChI is InChI=1S/C13H13NO3/c1-9(2)17-13-6-4-10-7-12(14(15)16)5-3-11(10)8-13/h3-9H,1-2H3. The van der Waals surface area contributed by atoms with Crippen molar-refractivity contribution in [3.8, 4) is 5.75 Å². The fourth-order valence-electron chi connectivity index (χ4n) is 1.67. The van der Waals surface area contributed by atoms with E-state index in [1.54, 1.807) is 12.1 Å². The Morgan fingerprint density at radius 1 is 1.12 bits per heavy atom. The lowest BCUT2D eigenvalue weighted by molar-refractivity contribution is -0.384. The van der Waals surface area contributed by atoms with Crippen LogP contribution >= 0.6 is 0 Å². The third-order valence-electron chi connectivity index (χ3n) is 2.38. The van der Waals surface area contributed by atoms with Crippen LogP contribution in [0.1, 0.15) is 13.8 Å². The molecule has 2 aromatic rings. The largest absolute Gasteiger partial charge is 0.491 e. The summed E-state index contributed by atoms with van der Waals surface area (Å²) in [6, 6.07) is 10.3. The molecule has 0 fully saturated rings. The van der Waals surface area contributed by atoms with E-state index in [9.17, 15) is 10.1 Å². The van der Waals surface area contributed by atoms with Gasteiger partial charge in [-0.05, 0) is 42.8 Å². The minimum atomic E-state index is -0.391. The third-order valence-corrected chi connectivity index (χ3v) is 2.38. The molecule has 0 aliphatic rings. The van der Waals surface area contributed by atoms with Crippen LogP contribution in [0, 0.1) is 10.1 Å². The Hall–Kier alpha value is -2.10. The molecule has 2 rings (SSSR count). The summed E-state index contributed by atoms with van der Waals surface area (Å²) in [5.74, 6) is 0.779. The number of nitro groups is 1. The molecule has 0 aliphatic heterocycles. The van der Waals surface area contributed by atoms with Crippen LogP contribution in [0.5, 0.6) is 5.75 Å². The Kier molecular flexibility index (Phi) is 2.95. The molecule has 0 heterocycles. The van der Waals surface area contributed by atoms with Gasteiger partial charge in [0.1, 0.15) is 5.75 Å². The molecule has 4 nitrogen and oxygen atoms in total. The zero-order valence-corrected chi connectivity index (χ0v) is 9.71. The monoisotopic (exact) mass is 231 g/mol.